The second-order valence-corrected chi connectivity index (χ2v) is 17.6. The molecule has 0 aliphatic carbocycles. The van der Waals surface area contributed by atoms with Gasteiger partial charge in [0.2, 0.25) is 0 Å². The first-order valence-corrected chi connectivity index (χ1v) is 23.7. The Hall–Kier alpha value is -1.73. The summed E-state index contributed by atoms with van der Waals surface area (Å²) in [5, 5.41) is 0.682. The van der Waals surface area contributed by atoms with Crippen LogP contribution in [0.1, 0.15) is 150 Å². The van der Waals surface area contributed by atoms with Gasteiger partial charge in [-0.05, 0) is 67.5 Å². The average Bonchev–Trinajstić information content (AvgIpc) is 3.19. The van der Waals surface area contributed by atoms with Gasteiger partial charge in [-0.25, -0.2) is 0 Å². The summed E-state index contributed by atoms with van der Waals surface area (Å²) in [5.74, 6) is 1.94. The molecule has 1 fully saturated rings. The van der Waals surface area contributed by atoms with Gasteiger partial charge in [-0.1, -0.05) is 149 Å². The fourth-order valence-electron chi connectivity index (χ4n) is 7.24. The van der Waals surface area contributed by atoms with Crippen LogP contribution in [0.2, 0.25) is 0 Å². The Bertz CT molecular complexity index is 1140. The predicted molar refractivity (Wildman–Crippen MR) is 229 cm³/mol. The Balaban J connectivity index is 1.69. The molecule has 0 amide bonds. The molecular weight excluding hydrogens is 693 g/mol. The lowest BCUT2D eigenvalue weighted by atomic mass is 10.0. The zero-order valence-electron chi connectivity index (χ0n) is 35.1. The lowest BCUT2D eigenvalue weighted by Gasteiger charge is -2.42. The first-order chi connectivity index (χ1) is 26.4. The van der Waals surface area contributed by atoms with E-state index >= 15 is 0 Å². The third kappa shape index (κ3) is 18.5. The largest absolute Gasteiger partial charge is 0.494 e. The van der Waals surface area contributed by atoms with Crippen LogP contribution in [0, 0.1) is 11.8 Å². The molecule has 3 rings (SSSR count). The van der Waals surface area contributed by atoms with E-state index in [1.165, 1.54) is 96.3 Å². The Morgan fingerprint density at radius 3 is 1.59 bits per heavy atom. The van der Waals surface area contributed by atoms with Crippen molar-refractivity contribution < 1.29 is 28.2 Å². The molecule has 1 N–H and O–H groups in total. The normalized spacial score (nSPS) is 20.4. The fraction of sp³-hybridized carbons (Fsp3) is 0.739. The lowest BCUT2D eigenvalue weighted by molar-refractivity contribution is -0.0112. The number of nitrogens with zero attached hydrogens (tertiary/aromatic N) is 1. The van der Waals surface area contributed by atoms with Crippen LogP contribution in [-0.2, 0) is 18.5 Å². The highest BCUT2D eigenvalue weighted by molar-refractivity contribution is 7.68. The Labute approximate surface area is 331 Å². The summed E-state index contributed by atoms with van der Waals surface area (Å²) in [6.45, 7) is 15.3. The molecule has 1 saturated heterocycles. The van der Waals surface area contributed by atoms with Gasteiger partial charge in [0.1, 0.15) is 18.0 Å². The quantitative estimate of drug-likeness (QED) is 0.0626. The highest BCUT2D eigenvalue weighted by Gasteiger charge is 2.40. The zero-order valence-corrected chi connectivity index (χ0v) is 36.0. The van der Waals surface area contributed by atoms with Crippen molar-refractivity contribution in [2.45, 2.75) is 162 Å². The molecule has 2 aromatic carbocycles. The number of unbranched alkanes of at least 4 members (excludes halogenated alkanes) is 11. The molecule has 0 saturated carbocycles. The van der Waals surface area contributed by atoms with Crippen LogP contribution in [0.15, 0.2) is 54.6 Å². The van der Waals surface area contributed by atoms with E-state index < -0.39 is 7.94 Å². The van der Waals surface area contributed by atoms with Crippen LogP contribution in [-0.4, -0.2) is 63.2 Å². The predicted octanol–water partition coefficient (Wildman–Crippen LogP) is 12.1. The second-order valence-electron chi connectivity index (χ2n) is 15.6. The molecule has 4 atom stereocenters. The van der Waals surface area contributed by atoms with Crippen LogP contribution in [0.25, 0.3) is 0 Å². The zero-order chi connectivity index (χ0) is 38.7. The number of benzene rings is 2. The topological polar surface area (TPSA) is 69.6 Å². The van der Waals surface area contributed by atoms with Crippen LogP contribution >= 0.6 is 7.94 Å². The molecule has 0 spiro atoms. The van der Waals surface area contributed by atoms with E-state index in [0.29, 0.717) is 56.7 Å². The van der Waals surface area contributed by atoms with Gasteiger partial charge in [0.05, 0.1) is 19.8 Å². The van der Waals surface area contributed by atoms with E-state index in [4.69, 9.17) is 23.3 Å². The van der Waals surface area contributed by atoms with Crippen molar-refractivity contribution in [2.24, 2.45) is 11.8 Å². The number of ether oxygens (including phenoxy) is 3. The molecule has 2 aromatic rings. The molecular formula is C46H79NO6P. The van der Waals surface area contributed by atoms with E-state index in [1.807, 2.05) is 30.3 Å². The number of hydrogen-bond donors (Lipinski definition) is 1. The van der Waals surface area contributed by atoms with Crippen LogP contribution in [0.5, 0.6) is 5.75 Å². The van der Waals surface area contributed by atoms with Crippen molar-refractivity contribution in [1.29, 1.82) is 0 Å². The minimum absolute atomic E-state index is 0.383. The second kappa shape index (κ2) is 28.6. The molecule has 8 heteroatoms. The summed E-state index contributed by atoms with van der Waals surface area (Å²) in [4.78, 5) is 14.6. The monoisotopic (exact) mass is 773 g/mol. The van der Waals surface area contributed by atoms with Gasteiger partial charge in [0.25, 0.3) is 7.94 Å². The van der Waals surface area contributed by atoms with Crippen molar-refractivity contribution in [3.63, 3.8) is 0 Å². The minimum atomic E-state index is -3.44. The molecule has 1 aliphatic rings. The SMILES string of the molecule is CCCCCCCCCCCCOc1ccc(N2CC(COCC(CC)CCCC)O[P](O)(c3ccccc3)OC(COCC(CC)CCCC)C2)cc1. The summed E-state index contributed by atoms with van der Waals surface area (Å²) in [7, 11) is -3.44. The maximum Gasteiger partial charge on any atom is 0.263 e. The summed E-state index contributed by atoms with van der Waals surface area (Å²) in [6.07, 6.45) is 21.7. The third-order valence-electron chi connectivity index (χ3n) is 10.9. The maximum absolute atomic E-state index is 12.2. The van der Waals surface area contributed by atoms with Crippen molar-refractivity contribution >= 4 is 18.9 Å². The van der Waals surface area contributed by atoms with Gasteiger partial charge < -0.3 is 33.1 Å². The Kier molecular flexibility index (Phi) is 24.7. The molecule has 0 aromatic heterocycles. The minimum Gasteiger partial charge on any atom is -0.494 e. The molecule has 1 heterocycles. The van der Waals surface area contributed by atoms with Crippen LogP contribution in [0.3, 0.4) is 0 Å². The van der Waals surface area contributed by atoms with Crippen LogP contribution < -0.4 is 14.9 Å². The molecule has 1 aliphatic heterocycles. The van der Waals surface area contributed by atoms with Gasteiger partial charge in [0.15, 0.2) is 0 Å². The summed E-state index contributed by atoms with van der Waals surface area (Å²) in [5.41, 5.74) is 1.07. The highest BCUT2D eigenvalue weighted by atomic mass is 31.2. The summed E-state index contributed by atoms with van der Waals surface area (Å²) >= 11 is 0. The third-order valence-corrected chi connectivity index (χ3v) is 13.0. The molecule has 0 bridgehead atoms. The smallest absolute Gasteiger partial charge is 0.263 e. The van der Waals surface area contributed by atoms with Gasteiger partial charge in [-0.3, -0.25) is 0 Å². The Morgan fingerprint density at radius 1 is 0.630 bits per heavy atom. The van der Waals surface area contributed by atoms with E-state index in [-0.39, 0.29) is 12.2 Å². The molecule has 309 valence electrons. The summed E-state index contributed by atoms with van der Waals surface area (Å²) < 4.78 is 32.3. The first kappa shape index (κ1) is 46.7. The van der Waals surface area contributed by atoms with E-state index in [0.717, 1.165) is 37.3 Å². The van der Waals surface area contributed by atoms with Gasteiger partial charge in [0, 0.05) is 37.3 Å². The lowest BCUT2D eigenvalue weighted by Crippen LogP contribution is -2.47. The van der Waals surface area contributed by atoms with Gasteiger partial charge in [-0.2, -0.15) is 0 Å². The van der Waals surface area contributed by atoms with E-state index in [9.17, 15) is 4.89 Å². The number of anilines is 1. The summed E-state index contributed by atoms with van der Waals surface area (Å²) in [6, 6.07) is 18.1. The molecule has 7 nitrogen and oxygen atoms in total. The highest BCUT2D eigenvalue weighted by Crippen LogP contribution is 2.58. The molecule has 1 radical (unpaired) electrons. The van der Waals surface area contributed by atoms with Crippen LogP contribution in [0.4, 0.5) is 5.69 Å². The number of rotatable bonds is 30. The van der Waals surface area contributed by atoms with Crippen molar-refractivity contribution in [3.05, 3.63) is 54.6 Å². The standard InChI is InChI=1S/C46H79NO6P/c1-6-11-14-15-16-17-18-19-20-24-33-51-43-31-29-42(30-32-43)47-34-44(38-49-36-40(9-4)25-12-7-2)52-54(48,46-27-22-21-23-28-46)53-45(35-47)39-50-37-41(10-5)26-13-8-3/h21-23,27-32,40-41,44-45,48H,6-20,24-26,33-39H2,1-5H3. The van der Waals surface area contributed by atoms with Crippen molar-refractivity contribution in [2.75, 3.05) is 51.0 Å². The van der Waals surface area contributed by atoms with E-state index in [1.54, 1.807) is 0 Å². The van der Waals surface area contributed by atoms with E-state index in [2.05, 4.69) is 63.8 Å². The average molecular weight is 773 g/mol. The first-order valence-electron chi connectivity index (χ1n) is 22.1. The van der Waals surface area contributed by atoms with Gasteiger partial charge >= 0.3 is 0 Å². The molecule has 54 heavy (non-hydrogen) atoms. The van der Waals surface area contributed by atoms with Gasteiger partial charge in [-0.15, -0.1) is 0 Å². The maximum atomic E-state index is 12.2. The number of hydrogen-bond acceptors (Lipinski definition) is 7. The fourth-order valence-corrected chi connectivity index (χ4v) is 9.14. The van der Waals surface area contributed by atoms with Crippen molar-refractivity contribution in [3.8, 4) is 5.75 Å². The van der Waals surface area contributed by atoms with Crippen molar-refractivity contribution in [1.82, 2.24) is 0 Å². The molecule has 4 unspecified atom stereocenters. The Morgan fingerprint density at radius 2 is 1.11 bits per heavy atom.